The summed E-state index contributed by atoms with van der Waals surface area (Å²) < 4.78 is 0. The van der Waals surface area contributed by atoms with Crippen LogP contribution in [0, 0.1) is 13.8 Å². The minimum Gasteiger partial charge on any atom is -0.495 e. The van der Waals surface area contributed by atoms with E-state index in [1.54, 1.807) is 4.90 Å². The van der Waals surface area contributed by atoms with Crippen LogP contribution in [0.1, 0.15) is 23.6 Å². The lowest BCUT2D eigenvalue weighted by Crippen LogP contribution is -2.23. The first kappa shape index (κ1) is 13.4. The molecule has 0 saturated carbocycles. The molecule has 0 bridgehead atoms. The minimum absolute atomic E-state index is 0.0954. The SMILES string of the molecule is C=C(CN(CC)C(=C)O)c1cc(C)cc(C)c1. The van der Waals surface area contributed by atoms with Gasteiger partial charge in [-0.15, -0.1) is 0 Å². The van der Waals surface area contributed by atoms with Gasteiger partial charge in [0.2, 0.25) is 0 Å². The van der Waals surface area contributed by atoms with Crippen molar-refractivity contribution in [3.05, 3.63) is 53.9 Å². The molecule has 0 aliphatic carbocycles. The Kier molecular flexibility index (Phi) is 4.38. The third kappa shape index (κ3) is 3.66. The molecule has 0 heterocycles. The predicted molar refractivity (Wildman–Crippen MR) is 74.0 cm³/mol. The molecule has 0 aliphatic rings. The highest BCUT2D eigenvalue weighted by Crippen LogP contribution is 2.18. The van der Waals surface area contributed by atoms with Gasteiger partial charge in [-0.2, -0.15) is 0 Å². The lowest BCUT2D eigenvalue weighted by molar-refractivity contribution is 0.228. The van der Waals surface area contributed by atoms with E-state index in [9.17, 15) is 5.11 Å². The van der Waals surface area contributed by atoms with Gasteiger partial charge in [0.15, 0.2) is 5.88 Å². The molecule has 1 rings (SSSR count). The number of hydrogen-bond donors (Lipinski definition) is 1. The second kappa shape index (κ2) is 5.58. The van der Waals surface area contributed by atoms with E-state index in [0.29, 0.717) is 6.54 Å². The van der Waals surface area contributed by atoms with Crippen molar-refractivity contribution >= 4 is 5.57 Å². The molecule has 0 aliphatic heterocycles. The van der Waals surface area contributed by atoms with Crippen molar-refractivity contribution in [2.45, 2.75) is 20.8 Å². The Hall–Kier alpha value is -1.70. The highest BCUT2D eigenvalue weighted by Gasteiger charge is 2.07. The fourth-order valence-electron chi connectivity index (χ4n) is 1.89. The Morgan fingerprint density at radius 2 is 1.71 bits per heavy atom. The summed E-state index contributed by atoms with van der Waals surface area (Å²) in [5, 5.41) is 9.41. The molecule has 0 spiro atoms. The summed E-state index contributed by atoms with van der Waals surface area (Å²) >= 11 is 0. The molecule has 1 N–H and O–H groups in total. The number of aliphatic hydroxyl groups excluding tert-OH is 1. The van der Waals surface area contributed by atoms with Crippen molar-refractivity contribution in [3.8, 4) is 0 Å². The van der Waals surface area contributed by atoms with Gasteiger partial charge >= 0.3 is 0 Å². The van der Waals surface area contributed by atoms with Gasteiger partial charge in [-0.25, -0.2) is 0 Å². The zero-order valence-corrected chi connectivity index (χ0v) is 11.0. The third-order valence-electron chi connectivity index (χ3n) is 2.76. The molecule has 0 radical (unpaired) electrons. The van der Waals surface area contributed by atoms with Crippen LogP contribution >= 0.6 is 0 Å². The normalized spacial score (nSPS) is 10.1. The van der Waals surface area contributed by atoms with Crippen molar-refractivity contribution in [1.82, 2.24) is 4.90 Å². The number of aryl methyl sites for hydroxylation is 2. The molecule has 17 heavy (non-hydrogen) atoms. The number of aliphatic hydroxyl groups is 1. The van der Waals surface area contributed by atoms with E-state index >= 15 is 0 Å². The van der Waals surface area contributed by atoms with Crippen LogP contribution in [-0.2, 0) is 0 Å². The number of benzene rings is 1. The average molecular weight is 231 g/mol. The van der Waals surface area contributed by atoms with Crippen molar-refractivity contribution in [3.63, 3.8) is 0 Å². The average Bonchev–Trinajstić information content (AvgIpc) is 2.23. The van der Waals surface area contributed by atoms with Crippen molar-refractivity contribution in [2.75, 3.05) is 13.1 Å². The lowest BCUT2D eigenvalue weighted by Gasteiger charge is -2.22. The molecule has 0 aromatic heterocycles. The molecule has 2 nitrogen and oxygen atoms in total. The van der Waals surface area contributed by atoms with Gasteiger partial charge in [-0.1, -0.05) is 35.9 Å². The Balaban J connectivity index is 2.86. The fraction of sp³-hybridized carbons (Fsp3) is 0.333. The zero-order valence-electron chi connectivity index (χ0n) is 11.0. The van der Waals surface area contributed by atoms with Crippen molar-refractivity contribution < 1.29 is 5.11 Å². The van der Waals surface area contributed by atoms with Crippen LogP contribution in [0.2, 0.25) is 0 Å². The first-order valence-electron chi connectivity index (χ1n) is 5.83. The maximum atomic E-state index is 9.41. The van der Waals surface area contributed by atoms with Gasteiger partial charge in [0.1, 0.15) is 0 Å². The second-order valence-electron chi connectivity index (χ2n) is 4.41. The van der Waals surface area contributed by atoms with E-state index in [2.05, 4.69) is 45.2 Å². The Morgan fingerprint density at radius 1 is 1.18 bits per heavy atom. The van der Waals surface area contributed by atoms with Crippen LogP contribution < -0.4 is 0 Å². The minimum atomic E-state index is 0.0954. The topological polar surface area (TPSA) is 23.5 Å². The predicted octanol–water partition coefficient (Wildman–Crippen LogP) is 3.67. The second-order valence-corrected chi connectivity index (χ2v) is 4.41. The molecule has 1 aromatic rings. The summed E-state index contributed by atoms with van der Waals surface area (Å²) in [6.45, 7) is 15.1. The van der Waals surface area contributed by atoms with Crippen molar-refractivity contribution in [2.24, 2.45) is 0 Å². The van der Waals surface area contributed by atoms with E-state index < -0.39 is 0 Å². The molecule has 0 unspecified atom stereocenters. The molecule has 0 fully saturated rings. The Labute approximate surface area is 104 Å². The summed E-state index contributed by atoms with van der Waals surface area (Å²) in [6.07, 6.45) is 0. The summed E-state index contributed by atoms with van der Waals surface area (Å²) in [6, 6.07) is 6.37. The first-order chi connectivity index (χ1) is 7.93. The highest BCUT2D eigenvalue weighted by atomic mass is 16.3. The summed E-state index contributed by atoms with van der Waals surface area (Å²) in [5.74, 6) is 0.0954. The maximum absolute atomic E-state index is 9.41. The lowest BCUT2D eigenvalue weighted by atomic mass is 10.0. The maximum Gasteiger partial charge on any atom is 0.179 e. The molecule has 1 aromatic carbocycles. The highest BCUT2D eigenvalue weighted by molar-refractivity contribution is 5.66. The molecule has 92 valence electrons. The largest absolute Gasteiger partial charge is 0.495 e. The molecular formula is C15H21NO. The number of hydrogen-bond acceptors (Lipinski definition) is 2. The molecule has 0 amide bonds. The van der Waals surface area contributed by atoms with Gasteiger partial charge < -0.3 is 10.0 Å². The van der Waals surface area contributed by atoms with Crippen molar-refractivity contribution in [1.29, 1.82) is 0 Å². The van der Waals surface area contributed by atoms with Gasteiger partial charge in [-0.05, 0) is 38.5 Å². The van der Waals surface area contributed by atoms with E-state index in [1.807, 2.05) is 6.92 Å². The number of rotatable bonds is 5. The Bertz CT molecular complexity index is 414. The standard InChI is InChI=1S/C15H21NO/c1-6-16(14(5)17)10-13(4)15-8-11(2)7-12(3)9-15/h7-9,17H,4-6,10H2,1-3H3. The van der Waals surface area contributed by atoms with Crippen LogP contribution in [0.5, 0.6) is 0 Å². The van der Waals surface area contributed by atoms with Gasteiger partial charge in [-0.3, -0.25) is 0 Å². The summed E-state index contributed by atoms with van der Waals surface area (Å²) in [5.41, 5.74) is 4.58. The third-order valence-corrected chi connectivity index (χ3v) is 2.76. The fourth-order valence-corrected chi connectivity index (χ4v) is 1.89. The van der Waals surface area contributed by atoms with Crippen LogP contribution in [0.25, 0.3) is 5.57 Å². The van der Waals surface area contributed by atoms with E-state index in [-0.39, 0.29) is 5.88 Å². The summed E-state index contributed by atoms with van der Waals surface area (Å²) in [7, 11) is 0. The smallest absolute Gasteiger partial charge is 0.179 e. The van der Waals surface area contributed by atoms with Gasteiger partial charge in [0.05, 0.1) is 0 Å². The molecule has 2 heteroatoms. The van der Waals surface area contributed by atoms with E-state index in [1.165, 1.54) is 11.1 Å². The monoisotopic (exact) mass is 231 g/mol. The summed E-state index contributed by atoms with van der Waals surface area (Å²) in [4.78, 5) is 1.79. The number of likely N-dealkylation sites (N-methyl/N-ethyl adjacent to an activating group) is 1. The zero-order chi connectivity index (χ0) is 13.0. The van der Waals surface area contributed by atoms with Crippen LogP contribution in [-0.4, -0.2) is 23.1 Å². The van der Waals surface area contributed by atoms with Gasteiger partial charge in [0.25, 0.3) is 0 Å². The quantitative estimate of drug-likeness (QED) is 0.782. The van der Waals surface area contributed by atoms with E-state index in [0.717, 1.165) is 17.7 Å². The number of nitrogens with zero attached hydrogens (tertiary/aromatic N) is 1. The molecule has 0 atom stereocenters. The van der Waals surface area contributed by atoms with Crippen LogP contribution in [0.15, 0.2) is 37.2 Å². The van der Waals surface area contributed by atoms with Crippen LogP contribution in [0.3, 0.4) is 0 Å². The molecule has 0 saturated heterocycles. The first-order valence-corrected chi connectivity index (χ1v) is 5.83. The Morgan fingerprint density at radius 3 is 2.12 bits per heavy atom. The molecular weight excluding hydrogens is 210 g/mol. The van der Waals surface area contributed by atoms with E-state index in [4.69, 9.17) is 0 Å². The van der Waals surface area contributed by atoms with Crippen LogP contribution in [0.4, 0.5) is 0 Å². The van der Waals surface area contributed by atoms with Gasteiger partial charge in [0, 0.05) is 13.1 Å².